The van der Waals surface area contributed by atoms with Crippen molar-refractivity contribution >= 4 is 23.5 Å². The summed E-state index contributed by atoms with van der Waals surface area (Å²) in [6.07, 6.45) is -12.5. The van der Waals surface area contributed by atoms with Crippen LogP contribution in [0.15, 0.2) is 29.0 Å². The number of nitrogens with one attached hydrogen (secondary N) is 3. The number of aryl methyl sites for hydroxylation is 1. The van der Waals surface area contributed by atoms with E-state index in [0.29, 0.717) is 12.0 Å². The average Bonchev–Trinajstić information content (AvgIpc) is 3.39. The summed E-state index contributed by atoms with van der Waals surface area (Å²) < 4.78 is 110. The Hall–Kier alpha value is -3.79. The van der Waals surface area contributed by atoms with Crippen molar-refractivity contribution in [2.24, 2.45) is 5.92 Å². The highest BCUT2D eigenvalue weighted by atomic mass is 19.4. The highest BCUT2D eigenvalue weighted by molar-refractivity contribution is 6.00. The minimum Gasteiger partial charge on any atom is -0.351 e. The number of anilines is 1. The second kappa shape index (κ2) is 13.7. The maximum absolute atomic E-state index is 13.8. The van der Waals surface area contributed by atoms with Crippen LogP contribution in [0.1, 0.15) is 79.6 Å². The van der Waals surface area contributed by atoms with Crippen molar-refractivity contribution in [3.8, 4) is 0 Å². The molecule has 1 aliphatic rings. The molecule has 43 heavy (non-hydrogen) atoms. The van der Waals surface area contributed by atoms with Crippen molar-refractivity contribution in [1.29, 1.82) is 0 Å². The standard InChI is InChI=1S/C26H29F8N5O4/c1-2-14-13-36-43-21(14)23(42)39-20(15-3-7-24(27,28)8-4-15)22(41)38-18-11-16(6-10-35-18)17(12-26(32,33)34)37-19(40)5-9-25(29,30)31/h6,10-11,13,15,17,20H,2-5,7-9,12H2,1H3,(H,37,40)(H,39,42)(H,35,38,41). The van der Waals surface area contributed by atoms with Crippen LogP contribution in [-0.4, -0.2) is 52.2 Å². The highest BCUT2D eigenvalue weighted by Gasteiger charge is 2.41. The van der Waals surface area contributed by atoms with Gasteiger partial charge >= 0.3 is 12.4 Å². The van der Waals surface area contributed by atoms with Gasteiger partial charge in [-0.25, -0.2) is 13.8 Å². The topological polar surface area (TPSA) is 126 Å². The third kappa shape index (κ3) is 10.5. The SMILES string of the molecule is CCc1cnoc1C(=O)NC(C(=O)Nc1cc(C(CC(F)(F)F)NC(=O)CCC(F)(F)F)ccn1)C1CCC(F)(F)CC1. The predicted molar refractivity (Wildman–Crippen MR) is 134 cm³/mol. The van der Waals surface area contributed by atoms with Gasteiger partial charge in [-0.2, -0.15) is 26.3 Å². The first kappa shape index (κ1) is 33.7. The molecule has 3 N–H and O–H groups in total. The van der Waals surface area contributed by atoms with E-state index in [1.54, 1.807) is 6.92 Å². The lowest BCUT2D eigenvalue weighted by atomic mass is 9.81. The number of nitrogens with zero attached hydrogens (tertiary/aromatic N) is 2. The zero-order valence-corrected chi connectivity index (χ0v) is 22.7. The largest absolute Gasteiger partial charge is 0.391 e. The second-order valence-corrected chi connectivity index (χ2v) is 10.2. The van der Waals surface area contributed by atoms with Gasteiger partial charge in [0.15, 0.2) is 0 Å². The van der Waals surface area contributed by atoms with E-state index in [-0.39, 0.29) is 30.0 Å². The minimum atomic E-state index is -4.83. The number of pyridine rings is 1. The van der Waals surface area contributed by atoms with Gasteiger partial charge in [0, 0.05) is 31.0 Å². The molecule has 2 unspecified atom stereocenters. The van der Waals surface area contributed by atoms with Crippen LogP contribution in [0, 0.1) is 5.92 Å². The van der Waals surface area contributed by atoms with E-state index in [4.69, 9.17) is 4.52 Å². The van der Waals surface area contributed by atoms with Crippen LogP contribution in [0.2, 0.25) is 0 Å². The zero-order valence-electron chi connectivity index (χ0n) is 22.7. The average molecular weight is 628 g/mol. The van der Waals surface area contributed by atoms with E-state index in [1.807, 2.05) is 5.32 Å². The lowest BCUT2D eigenvalue weighted by molar-refractivity contribution is -0.149. The minimum absolute atomic E-state index is 0.131. The molecule has 0 bridgehead atoms. The summed E-state index contributed by atoms with van der Waals surface area (Å²) in [6.45, 7) is 1.72. The lowest BCUT2D eigenvalue weighted by Gasteiger charge is -2.33. The van der Waals surface area contributed by atoms with Gasteiger partial charge in [0.2, 0.25) is 23.5 Å². The summed E-state index contributed by atoms with van der Waals surface area (Å²) in [5, 5.41) is 10.3. The van der Waals surface area contributed by atoms with Crippen LogP contribution in [0.3, 0.4) is 0 Å². The summed E-state index contributed by atoms with van der Waals surface area (Å²) in [5.41, 5.74) is 0.198. The second-order valence-electron chi connectivity index (χ2n) is 10.2. The van der Waals surface area contributed by atoms with Crippen molar-refractivity contribution in [2.75, 3.05) is 5.32 Å². The Balaban J connectivity index is 1.82. The van der Waals surface area contributed by atoms with E-state index < -0.39 is 86.1 Å². The first-order valence-electron chi connectivity index (χ1n) is 13.3. The molecule has 9 nitrogen and oxygen atoms in total. The fraction of sp³-hybridized carbons (Fsp3) is 0.577. The summed E-state index contributed by atoms with van der Waals surface area (Å²) >= 11 is 0. The molecule has 3 rings (SSSR count). The first-order chi connectivity index (χ1) is 20.0. The van der Waals surface area contributed by atoms with Crippen molar-refractivity contribution in [1.82, 2.24) is 20.8 Å². The molecule has 0 saturated heterocycles. The summed E-state index contributed by atoms with van der Waals surface area (Å²) in [7, 11) is 0. The van der Waals surface area contributed by atoms with E-state index in [0.717, 1.165) is 18.3 Å². The van der Waals surface area contributed by atoms with Crippen molar-refractivity contribution in [3.05, 3.63) is 41.4 Å². The molecular weight excluding hydrogens is 598 g/mol. The number of hydrogen-bond acceptors (Lipinski definition) is 6. The van der Waals surface area contributed by atoms with Crippen LogP contribution >= 0.6 is 0 Å². The Labute approximate surface area is 240 Å². The quantitative estimate of drug-likeness (QED) is 0.277. The fourth-order valence-electron chi connectivity index (χ4n) is 4.64. The molecule has 0 aliphatic heterocycles. The van der Waals surface area contributed by atoms with Gasteiger partial charge in [-0.05, 0) is 42.9 Å². The third-order valence-corrected chi connectivity index (χ3v) is 6.88. The van der Waals surface area contributed by atoms with Gasteiger partial charge in [0.05, 0.1) is 25.1 Å². The number of carbonyl (C=O) groups is 3. The molecule has 0 spiro atoms. The number of amides is 3. The highest BCUT2D eigenvalue weighted by Crippen LogP contribution is 2.38. The maximum atomic E-state index is 13.8. The van der Waals surface area contributed by atoms with Crippen molar-refractivity contribution in [2.45, 2.75) is 88.6 Å². The summed E-state index contributed by atoms with van der Waals surface area (Å²) in [6, 6.07) is -1.13. The molecule has 2 aromatic heterocycles. The van der Waals surface area contributed by atoms with Gasteiger partial charge in [0.1, 0.15) is 11.9 Å². The molecule has 2 aromatic rings. The fourth-order valence-corrected chi connectivity index (χ4v) is 4.64. The number of rotatable bonds is 11. The zero-order chi connectivity index (χ0) is 32.0. The molecule has 1 fully saturated rings. The van der Waals surface area contributed by atoms with E-state index in [2.05, 4.69) is 20.8 Å². The van der Waals surface area contributed by atoms with Crippen molar-refractivity contribution < 1.29 is 54.0 Å². The molecular formula is C26H29F8N5O4. The molecule has 238 valence electrons. The normalized spacial score (nSPS) is 17.1. The monoisotopic (exact) mass is 627 g/mol. The lowest BCUT2D eigenvalue weighted by Crippen LogP contribution is -2.50. The Bertz CT molecular complexity index is 1270. The number of halogens is 8. The van der Waals surface area contributed by atoms with Gasteiger partial charge < -0.3 is 20.5 Å². The predicted octanol–water partition coefficient (Wildman–Crippen LogP) is 5.65. The Kier molecular flexibility index (Phi) is 10.7. The molecule has 0 aromatic carbocycles. The van der Waals surface area contributed by atoms with Crippen LogP contribution in [0.25, 0.3) is 0 Å². The van der Waals surface area contributed by atoms with Crippen LogP contribution in [0.4, 0.5) is 40.9 Å². The maximum Gasteiger partial charge on any atom is 0.391 e. The van der Waals surface area contributed by atoms with E-state index in [1.165, 1.54) is 6.20 Å². The number of hydrogen-bond donors (Lipinski definition) is 3. The molecule has 17 heteroatoms. The Morgan fingerprint density at radius 3 is 2.35 bits per heavy atom. The molecule has 1 aliphatic carbocycles. The smallest absolute Gasteiger partial charge is 0.351 e. The number of aromatic nitrogens is 2. The molecule has 0 radical (unpaired) electrons. The molecule has 2 heterocycles. The molecule has 3 amide bonds. The van der Waals surface area contributed by atoms with Crippen molar-refractivity contribution in [3.63, 3.8) is 0 Å². The summed E-state index contributed by atoms with van der Waals surface area (Å²) in [5.74, 6) is -7.20. The number of alkyl halides is 8. The third-order valence-electron chi connectivity index (χ3n) is 6.88. The van der Waals surface area contributed by atoms with Crippen LogP contribution in [0.5, 0.6) is 0 Å². The molecule has 2 atom stereocenters. The van der Waals surface area contributed by atoms with Crippen LogP contribution < -0.4 is 16.0 Å². The van der Waals surface area contributed by atoms with Gasteiger partial charge in [0.25, 0.3) is 5.91 Å². The van der Waals surface area contributed by atoms with Gasteiger partial charge in [-0.1, -0.05) is 12.1 Å². The Morgan fingerprint density at radius 1 is 1.07 bits per heavy atom. The van der Waals surface area contributed by atoms with E-state index in [9.17, 15) is 49.5 Å². The first-order valence-corrected chi connectivity index (χ1v) is 13.3. The van der Waals surface area contributed by atoms with Gasteiger partial charge in [-0.15, -0.1) is 0 Å². The summed E-state index contributed by atoms with van der Waals surface area (Å²) in [4.78, 5) is 42.1. The van der Waals surface area contributed by atoms with Crippen LogP contribution in [-0.2, 0) is 16.0 Å². The van der Waals surface area contributed by atoms with Gasteiger partial charge in [-0.3, -0.25) is 14.4 Å². The number of carbonyl (C=O) groups excluding carboxylic acids is 3. The molecule has 1 saturated carbocycles. The van der Waals surface area contributed by atoms with E-state index >= 15 is 0 Å². The Morgan fingerprint density at radius 2 is 1.74 bits per heavy atom.